The smallest absolute Gasteiger partial charge is 0.303 e. The summed E-state index contributed by atoms with van der Waals surface area (Å²) in [5, 5.41) is 30.5. The van der Waals surface area contributed by atoms with Crippen LogP contribution >= 0.6 is 0 Å². The molecule has 160 valence electrons. The molecule has 4 aliphatic rings. The van der Waals surface area contributed by atoms with Gasteiger partial charge in [-0.25, -0.2) is 0 Å². The van der Waals surface area contributed by atoms with Crippen LogP contribution in [-0.2, 0) is 4.79 Å². The molecule has 0 radical (unpaired) electrons. The summed E-state index contributed by atoms with van der Waals surface area (Å²) < 4.78 is 0. The van der Waals surface area contributed by atoms with Gasteiger partial charge < -0.3 is 15.3 Å². The van der Waals surface area contributed by atoms with Crippen molar-refractivity contribution < 1.29 is 20.1 Å². The van der Waals surface area contributed by atoms with Gasteiger partial charge in [0, 0.05) is 6.42 Å². The highest BCUT2D eigenvalue weighted by atomic mass is 16.5. The first-order chi connectivity index (χ1) is 13.2. The van der Waals surface area contributed by atoms with E-state index in [1.807, 2.05) is 0 Å². The Kier molecular flexibility index (Phi) is 5.36. The van der Waals surface area contributed by atoms with Crippen molar-refractivity contribution in [2.75, 3.05) is 0 Å². The summed E-state index contributed by atoms with van der Waals surface area (Å²) in [6.45, 7) is 7.16. The van der Waals surface area contributed by atoms with E-state index in [1.54, 1.807) is 0 Å². The third-order valence-corrected chi connectivity index (χ3v) is 10.2. The van der Waals surface area contributed by atoms with Crippen LogP contribution in [0.15, 0.2) is 0 Å². The summed E-state index contributed by atoms with van der Waals surface area (Å²) in [5.74, 6) is 2.36. The monoisotopic (exact) mass is 394 g/mol. The van der Waals surface area contributed by atoms with Gasteiger partial charge in [-0.3, -0.25) is 4.79 Å². The molecule has 4 fully saturated rings. The molecule has 0 saturated heterocycles. The van der Waals surface area contributed by atoms with E-state index in [2.05, 4.69) is 20.8 Å². The fourth-order valence-electron chi connectivity index (χ4n) is 8.73. The predicted octanol–water partition coefficient (Wildman–Crippen LogP) is 4.48. The summed E-state index contributed by atoms with van der Waals surface area (Å²) >= 11 is 0. The van der Waals surface area contributed by atoms with E-state index in [1.165, 1.54) is 25.7 Å². The number of hydrogen-bond acceptors (Lipinski definition) is 3. The second-order valence-electron chi connectivity index (χ2n) is 11.4. The van der Waals surface area contributed by atoms with Crippen molar-refractivity contribution in [2.24, 2.45) is 46.3 Å². The molecule has 4 nitrogen and oxygen atoms in total. The lowest BCUT2D eigenvalue weighted by molar-refractivity contribution is -0.174. The molecular formula is C24H40O4. The Morgan fingerprint density at radius 3 is 2.39 bits per heavy atom. The van der Waals surface area contributed by atoms with E-state index < -0.39 is 5.97 Å². The molecule has 0 amide bonds. The average Bonchev–Trinajstić information content (AvgIpc) is 2.98. The molecule has 0 aromatic heterocycles. The topological polar surface area (TPSA) is 77.8 Å². The minimum absolute atomic E-state index is 0.179. The Morgan fingerprint density at radius 2 is 1.68 bits per heavy atom. The average molecular weight is 395 g/mol. The zero-order valence-electron chi connectivity index (χ0n) is 17.9. The zero-order chi connectivity index (χ0) is 20.3. The second kappa shape index (κ2) is 7.27. The van der Waals surface area contributed by atoms with Gasteiger partial charge in [0.05, 0.1) is 12.2 Å². The fourth-order valence-corrected chi connectivity index (χ4v) is 8.73. The van der Waals surface area contributed by atoms with Crippen LogP contribution in [0.5, 0.6) is 0 Å². The molecule has 0 aliphatic heterocycles. The van der Waals surface area contributed by atoms with Crippen molar-refractivity contribution in [3.63, 3.8) is 0 Å². The molecule has 0 unspecified atom stereocenters. The summed E-state index contributed by atoms with van der Waals surface area (Å²) in [6, 6.07) is 0. The van der Waals surface area contributed by atoms with Gasteiger partial charge in [-0.05, 0) is 104 Å². The molecule has 28 heavy (non-hydrogen) atoms. The Labute approximate surface area is 170 Å². The van der Waals surface area contributed by atoms with Gasteiger partial charge in [0.1, 0.15) is 0 Å². The molecule has 4 aliphatic carbocycles. The molecule has 0 aromatic rings. The van der Waals surface area contributed by atoms with Gasteiger partial charge in [0.2, 0.25) is 0 Å². The molecule has 10 atom stereocenters. The lowest BCUT2D eigenvalue weighted by Gasteiger charge is -2.62. The van der Waals surface area contributed by atoms with E-state index in [-0.39, 0.29) is 29.5 Å². The van der Waals surface area contributed by atoms with Crippen LogP contribution < -0.4 is 0 Å². The zero-order valence-corrected chi connectivity index (χ0v) is 17.9. The van der Waals surface area contributed by atoms with Crippen molar-refractivity contribution >= 4 is 5.97 Å². The standard InChI is InChI=1S/C24H40O4/c1-14(4-7-21(27)28)17-5-6-18-22-19(9-11-24(17,18)3)23(2)10-8-16(25)12-15(23)13-20(22)26/h14-20,22,25-26H,4-13H2,1-3H3,(H,27,28)/t14-,15+,16-,17-,18+,19+,20-,22+,23+,24-/m1/s1/i7+1,21+1. The van der Waals surface area contributed by atoms with E-state index >= 15 is 0 Å². The first-order valence-electron chi connectivity index (χ1n) is 11.7. The van der Waals surface area contributed by atoms with Crippen molar-refractivity contribution in [1.82, 2.24) is 0 Å². The third kappa shape index (κ3) is 3.14. The van der Waals surface area contributed by atoms with Crippen LogP contribution in [0, 0.1) is 46.3 Å². The number of carboxylic acids is 1. The Balaban J connectivity index is 1.55. The molecule has 4 rings (SSSR count). The molecule has 3 N–H and O–H groups in total. The SMILES string of the molecule is C[C@H](C[13CH2][13C](=O)O)[C@H]1CC[C@H]2[C@@H]3[C@H](O)C[C@@H]4C[C@H](O)CC[C@]4(C)[C@H]3CC[C@]12C. The van der Waals surface area contributed by atoms with Gasteiger partial charge >= 0.3 is 5.97 Å². The minimum atomic E-state index is -0.684. The van der Waals surface area contributed by atoms with Crippen LogP contribution in [0.4, 0.5) is 0 Å². The molecule has 0 aromatic carbocycles. The van der Waals surface area contributed by atoms with Crippen molar-refractivity contribution in [1.29, 1.82) is 0 Å². The quantitative estimate of drug-likeness (QED) is 0.615. The van der Waals surface area contributed by atoms with Crippen LogP contribution in [0.1, 0.15) is 85.0 Å². The first-order valence-corrected chi connectivity index (χ1v) is 11.7. The molecule has 0 bridgehead atoms. The van der Waals surface area contributed by atoms with E-state index in [4.69, 9.17) is 5.11 Å². The minimum Gasteiger partial charge on any atom is -0.481 e. The summed E-state index contributed by atoms with van der Waals surface area (Å²) in [6.07, 6.45) is 9.19. The number of fused-ring (bicyclic) bond motifs is 5. The number of aliphatic hydroxyl groups excluding tert-OH is 2. The number of rotatable bonds is 4. The Hall–Kier alpha value is -0.610. The second-order valence-corrected chi connectivity index (χ2v) is 11.4. The van der Waals surface area contributed by atoms with Crippen LogP contribution in [0.2, 0.25) is 0 Å². The Bertz CT molecular complexity index is 605. The first kappa shape index (κ1) is 20.7. The largest absolute Gasteiger partial charge is 0.481 e. The molecule has 0 spiro atoms. The normalized spacial score (nSPS) is 51.7. The lowest BCUT2D eigenvalue weighted by atomic mass is 9.43. The van der Waals surface area contributed by atoms with Gasteiger partial charge in [-0.15, -0.1) is 0 Å². The maximum Gasteiger partial charge on any atom is 0.303 e. The van der Waals surface area contributed by atoms with Crippen molar-refractivity contribution in [2.45, 2.75) is 97.2 Å². The fraction of sp³-hybridized carbons (Fsp3) is 0.958. The van der Waals surface area contributed by atoms with Crippen molar-refractivity contribution in [3.05, 3.63) is 0 Å². The number of carbonyl (C=O) groups is 1. The van der Waals surface area contributed by atoms with Crippen LogP contribution in [0.25, 0.3) is 0 Å². The lowest BCUT2D eigenvalue weighted by Crippen LogP contribution is -2.58. The summed E-state index contributed by atoms with van der Waals surface area (Å²) in [4.78, 5) is 11.1. The van der Waals surface area contributed by atoms with Crippen LogP contribution in [-0.4, -0.2) is 33.5 Å². The summed E-state index contributed by atoms with van der Waals surface area (Å²) in [7, 11) is 0. The number of aliphatic carboxylic acids is 1. The van der Waals surface area contributed by atoms with Gasteiger partial charge in [-0.1, -0.05) is 20.8 Å². The number of aliphatic hydroxyl groups is 2. The van der Waals surface area contributed by atoms with E-state index in [9.17, 15) is 15.0 Å². The highest BCUT2D eigenvalue weighted by Gasteiger charge is 2.62. The maximum absolute atomic E-state index is 11.2. The van der Waals surface area contributed by atoms with Crippen LogP contribution in [0.3, 0.4) is 0 Å². The number of hydrogen-bond donors (Lipinski definition) is 3. The van der Waals surface area contributed by atoms with Gasteiger partial charge in [0.25, 0.3) is 0 Å². The maximum atomic E-state index is 11.2. The third-order valence-electron chi connectivity index (χ3n) is 10.2. The van der Waals surface area contributed by atoms with E-state index in [0.29, 0.717) is 35.5 Å². The van der Waals surface area contributed by atoms with Crippen molar-refractivity contribution in [3.8, 4) is 0 Å². The highest BCUT2D eigenvalue weighted by Crippen LogP contribution is 2.68. The van der Waals surface area contributed by atoms with E-state index in [0.717, 1.165) is 32.1 Å². The molecule has 4 heteroatoms. The molecular weight excluding hydrogens is 354 g/mol. The highest BCUT2D eigenvalue weighted by molar-refractivity contribution is 5.66. The summed E-state index contributed by atoms with van der Waals surface area (Å²) in [5.41, 5.74) is 0.523. The van der Waals surface area contributed by atoms with Gasteiger partial charge in [-0.2, -0.15) is 0 Å². The van der Waals surface area contributed by atoms with Gasteiger partial charge in [0.15, 0.2) is 0 Å². The molecule has 0 heterocycles. The number of carboxylic acid groups (broad SMARTS) is 1. The Morgan fingerprint density at radius 1 is 1.00 bits per heavy atom. The predicted molar refractivity (Wildman–Crippen MR) is 109 cm³/mol. The molecule has 4 saturated carbocycles.